The summed E-state index contributed by atoms with van der Waals surface area (Å²) < 4.78 is 3.39. The molecule has 1 aromatic carbocycles. The van der Waals surface area contributed by atoms with E-state index in [-0.39, 0.29) is 48.0 Å². The number of nitrogens with zero attached hydrogens (tertiary/aromatic N) is 2. The number of benzene rings is 1. The van der Waals surface area contributed by atoms with E-state index in [1.54, 1.807) is 0 Å². The minimum Gasteiger partial charge on any atom is -1.00 e. The highest BCUT2D eigenvalue weighted by atomic mass is 127. The number of aromatic nitrogens is 1. The monoisotopic (exact) mass is 484 g/mol. The smallest absolute Gasteiger partial charge is 0.212 e. The van der Waals surface area contributed by atoms with Crippen LogP contribution in [0.3, 0.4) is 0 Å². The second-order valence-electron chi connectivity index (χ2n) is 5.63. The topological polar surface area (TPSA) is 3.88 Å². The van der Waals surface area contributed by atoms with E-state index in [0.717, 1.165) is 11.0 Å². The van der Waals surface area contributed by atoms with Crippen LogP contribution in [0.1, 0.15) is 6.42 Å². The number of pyridine rings is 1. The Balaban J connectivity index is 0.00000162. The Morgan fingerprint density at radius 3 is 2.26 bits per heavy atom. The van der Waals surface area contributed by atoms with Gasteiger partial charge in [0.2, 0.25) is 5.52 Å². The van der Waals surface area contributed by atoms with Crippen LogP contribution in [0.25, 0.3) is 10.9 Å². The van der Waals surface area contributed by atoms with E-state index < -0.39 is 0 Å². The highest BCUT2D eigenvalue weighted by Gasteiger charge is 2.11. The highest BCUT2D eigenvalue weighted by molar-refractivity contribution is 5.74. The van der Waals surface area contributed by atoms with E-state index in [1.165, 1.54) is 23.9 Å². The SMILES string of the molecule is C[N+](C)(C)CCC[n+]1cccc2ccccc21.[I-].[I-]. The van der Waals surface area contributed by atoms with E-state index in [9.17, 15) is 0 Å². The van der Waals surface area contributed by atoms with Crippen LogP contribution in [-0.2, 0) is 6.54 Å². The quantitative estimate of drug-likeness (QED) is 0.239. The third-order valence-electron chi connectivity index (χ3n) is 3.02. The molecule has 0 unspecified atom stereocenters. The lowest BCUT2D eigenvalue weighted by atomic mass is 10.2. The first-order chi connectivity index (χ1) is 8.06. The van der Waals surface area contributed by atoms with Gasteiger partial charge < -0.3 is 52.4 Å². The molecule has 4 heteroatoms. The van der Waals surface area contributed by atoms with Crippen LogP contribution >= 0.6 is 0 Å². The standard InChI is InChI=1S/C15H22N2.2HI/c1-17(2,3)13-7-12-16-11-6-9-14-8-4-5-10-15(14)16;;/h4-6,8-11H,7,12-13H2,1-3H3;2*1H/q+2;;/p-2. The lowest BCUT2D eigenvalue weighted by Crippen LogP contribution is -3.00. The summed E-state index contributed by atoms with van der Waals surface area (Å²) >= 11 is 0. The Morgan fingerprint density at radius 1 is 0.947 bits per heavy atom. The Morgan fingerprint density at radius 2 is 1.58 bits per heavy atom. The van der Waals surface area contributed by atoms with Gasteiger partial charge >= 0.3 is 0 Å². The minimum absolute atomic E-state index is 0. The van der Waals surface area contributed by atoms with E-state index >= 15 is 0 Å². The molecule has 1 heterocycles. The molecule has 2 rings (SSSR count). The number of hydrogen-bond donors (Lipinski definition) is 0. The van der Waals surface area contributed by atoms with Gasteiger partial charge in [-0.1, -0.05) is 12.1 Å². The van der Waals surface area contributed by atoms with Gasteiger partial charge in [0.05, 0.1) is 34.1 Å². The van der Waals surface area contributed by atoms with Crippen molar-refractivity contribution < 1.29 is 57.0 Å². The van der Waals surface area contributed by atoms with Crippen LogP contribution < -0.4 is 52.5 Å². The largest absolute Gasteiger partial charge is 1.00 e. The first-order valence-corrected chi connectivity index (χ1v) is 6.24. The fourth-order valence-electron chi connectivity index (χ4n) is 2.13. The van der Waals surface area contributed by atoms with Crippen molar-refractivity contribution in [1.29, 1.82) is 0 Å². The van der Waals surface area contributed by atoms with Gasteiger partial charge in [0.1, 0.15) is 0 Å². The molecule has 0 saturated carbocycles. The minimum atomic E-state index is 0. The van der Waals surface area contributed by atoms with Gasteiger partial charge in [0.15, 0.2) is 12.7 Å². The van der Waals surface area contributed by atoms with E-state index in [4.69, 9.17) is 0 Å². The van der Waals surface area contributed by atoms with Crippen molar-refractivity contribution in [2.24, 2.45) is 0 Å². The van der Waals surface area contributed by atoms with Crippen molar-refractivity contribution in [3.05, 3.63) is 42.6 Å². The summed E-state index contributed by atoms with van der Waals surface area (Å²) in [6.45, 7) is 2.30. The molecule has 1 aromatic heterocycles. The lowest BCUT2D eigenvalue weighted by molar-refractivity contribution is -0.873. The van der Waals surface area contributed by atoms with Crippen molar-refractivity contribution in [2.45, 2.75) is 13.0 Å². The number of halogens is 2. The zero-order valence-corrected chi connectivity index (χ0v) is 16.1. The second kappa shape index (κ2) is 8.36. The fourth-order valence-corrected chi connectivity index (χ4v) is 2.13. The Labute approximate surface area is 150 Å². The molecule has 0 radical (unpaired) electrons. The first-order valence-electron chi connectivity index (χ1n) is 6.24. The van der Waals surface area contributed by atoms with Crippen molar-refractivity contribution >= 4 is 10.9 Å². The molecule has 0 amide bonds. The lowest BCUT2D eigenvalue weighted by Gasteiger charge is -2.22. The zero-order valence-electron chi connectivity index (χ0n) is 11.8. The zero-order chi connectivity index (χ0) is 12.3. The molecule has 0 saturated heterocycles. The van der Waals surface area contributed by atoms with Gasteiger partial charge in [-0.2, -0.15) is 4.57 Å². The second-order valence-corrected chi connectivity index (χ2v) is 5.63. The van der Waals surface area contributed by atoms with Gasteiger partial charge in [0.25, 0.3) is 0 Å². The molecule has 2 aromatic rings. The molecule has 0 bridgehead atoms. The Hall–Kier alpha value is 0.0500. The predicted octanol–water partition coefficient (Wildman–Crippen LogP) is -3.77. The van der Waals surface area contributed by atoms with Crippen LogP contribution in [0.4, 0.5) is 0 Å². The van der Waals surface area contributed by atoms with E-state index in [2.05, 4.69) is 68.3 Å². The summed E-state index contributed by atoms with van der Waals surface area (Å²) in [5.74, 6) is 0. The predicted molar refractivity (Wildman–Crippen MR) is 71.7 cm³/mol. The van der Waals surface area contributed by atoms with Gasteiger partial charge in [0, 0.05) is 17.5 Å². The van der Waals surface area contributed by atoms with Crippen LogP contribution in [0.2, 0.25) is 0 Å². The summed E-state index contributed by atoms with van der Waals surface area (Å²) in [5, 5.41) is 1.32. The van der Waals surface area contributed by atoms with Gasteiger partial charge in [-0.25, -0.2) is 0 Å². The molecule has 19 heavy (non-hydrogen) atoms. The molecule has 0 N–H and O–H groups in total. The van der Waals surface area contributed by atoms with Gasteiger partial charge in [-0.3, -0.25) is 0 Å². The van der Waals surface area contributed by atoms with Crippen LogP contribution in [0.15, 0.2) is 42.6 Å². The maximum atomic E-state index is 2.35. The first kappa shape index (κ1) is 19.1. The van der Waals surface area contributed by atoms with Crippen LogP contribution in [0, 0.1) is 0 Å². The molecule has 0 aliphatic rings. The fraction of sp³-hybridized carbons (Fsp3) is 0.400. The van der Waals surface area contributed by atoms with Crippen molar-refractivity contribution in [3.63, 3.8) is 0 Å². The Bertz CT molecular complexity index is 501. The number of quaternary nitrogens is 1. The molecule has 0 aliphatic heterocycles. The maximum Gasteiger partial charge on any atom is 0.212 e. The van der Waals surface area contributed by atoms with Crippen LogP contribution in [0.5, 0.6) is 0 Å². The maximum absolute atomic E-state index is 2.35. The summed E-state index contributed by atoms with van der Waals surface area (Å²) in [7, 11) is 6.73. The third kappa shape index (κ3) is 5.91. The van der Waals surface area contributed by atoms with Crippen molar-refractivity contribution in [2.75, 3.05) is 27.7 Å². The van der Waals surface area contributed by atoms with Gasteiger partial charge in [-0.15, -0.1) is 0 Å². The molecule has 0 fully saturated rings. The van der Waals surface area contributed by atoms with Crippen molar-refractivity contribution in [1.82, 2.24) is 0 Å². The highest BCUT2D eigenvalue weighted by Crippen LogP contribution is 2.08. The summed E-state index contributed by atoms with van der Waals surface area (Å²) in [5.41, 5.74) is 1.33. The molecule has 2 nitrogen and oxygen atoms in total. The number of fused-ring (bicyclic) bond motifs is 1. The number of rotatable bonds is 4. The number of hydrogen-bond acceptors (Lipinski definition) is 0. The average Bonchev–Trinajstić information content (AvgIpc) is 2.28. The molecule has 0 spiro atoms. The van der Waals surface area contributed by atoms with E-state index in [1.807, 2.05) is 0 Å². The number of aryl methyl sites for hydroxylation is 1. The average molecular weight is 484 g/mol. The molecular formula is C15H22I2N2. The van der Waals surface area contributed by atoms with E-state index in [0.29, 0.717) is 0 Å². The summed E-state index contributed by atoms with van der Waals surface area (Å²) in [4.78, 5) is 0. The summed E-state index contributed by atoms with van der Waals surface area (Å²) in [6.07, 6.45) is 3.39. The third-order valence-corrected chi connectivity index (χ3v) is 3.02. The normalized spacial score (nSPS) is 10.7. The molecule has 0 atom stereocenters. The molecule has 106 valence electrons. The number of para-hydroxylation sites is 1. The molecular weight excluding hydrogens is 462 g/mol. The van der Waals surface area contributed by atoms with Crippen LogP contribution in [-0.4, -0.2) is 32.2 Å². The van der Waals surface area contributed by atoms with Crippen molar-refractivity contribution in [3.8, 4) is 0 Å². The molecule has 0 aliphatic carbocycles. The van der Waals surface area contributed by atoms with Gasteiger partial charge in [-0.05, 0) is 12.1 Å². The Kier molecular flexibility index (Phi) is 8.38. The summed E-state index contributed by atoms with van der Waals surface area (Å²) in [6, 6.07) is 12.9.